The SMILES string of the molecule is O=C(Cc1ccc2c(c1)CCO2)N1CCN(c2ccccc2O)CC1. The maximum atomic E-state index is 12.6. The van der Waals surface area contributed by atoms with Crippen LogP contribution in [0.4, 0.5) is 5.69 Å². The fraction of sp³-hybridized carbons (Fsp3) is 0.350. The number of carbonyl (C=O) groups is 1. The molecule has 0 spiro atoms. The average molecular weight is 338 g/mol. The molecule has 2 heterocycles. The molecule has 0 saturated carbocycles. The van der Waals surface area contributed by atoms with Crippen LogP contribution in [-0.4, -0.2) is 48.7 Å². The lowest BCUT2D eigenvalue weighted by Gasteiger charge is -2.36. The smallest absolute Gasteiger partial charge is 0.227 e. The molecule has 1 amide bonds. The summed E-state index contributed by atoms with van der Waals surface area (Å²) in [5.41, 5.74) is 3.10. The number of anilines is 1. The van der Waals surface area contributed by atoms with Gasteiger partial charge in [0.25, 0.3) is 0 Å². The molecule has 1 N–H and O–H groups in total. The minimum Gasteiger partial charge on any atom is -0.506 e. The first kappa shape index (κ1) is 15.8. The summed E-state index contributed by atoms with van der Waals surface area (Å²) in [6.07, 6.45) is 1.36. The molecule has 2 aromatic carbocycles. The van der Waals surface area contributed by atoms with E-state index in [9.17, 15) is 9.90 Å². The van der Waals surface area contributed by atoms with Gasteiger partial charge in [0, 0.05) is 32.6 Å². The Hall–Kier alpha value is -2.69. The molecule has 4 rings (SSSR count). The molecule has 5 nitrogen and oxygen atoms in total. The number of piperazine rings is 1. The quantitative estimate of drug-likeness (QED) is 0.932. The number of amides is 1. The van der Waals surface area contributed by atoms with Crippen LogP contribution < -0.4 is 9.64 Å². The van der Waals surface area contributed by atoms with Crippen molar-refractivity contribution >= 4 is 11.6 Å². The highest BCUT2D eigenvalue weighted by atomic mass is 16.5. The summed E-state index contributed by atoms with van der Waals surface area (Å²) in [5, 5.41) is 9.98. The summed E-state index contributed by atoms with van der Waals surface area (Å²) in [7, 11) is 0. The Balaban J connectivity index is 1.36. The first-order valence-electron chi connectivity index (χ1n) is 8.76. The van der Waals surface area contributed by atoms with Gasteiger partial charge in [-0.25, -0.2) is 0 Å². The van der Waals surface area contributed by atoms with Crippen LogP contribution in [-0.2, 0) is 17.6 Å². The first-order valence-corrected chi connectivity index (χ1v) is 8.76. The zero-order valence-electron chi connectivity index (χ0n) is 14.1. The Morgan fingerprint density at radius 2 is 1.88 bits per heavy atom. The van der Waals surface area contributed by atoms with Crippen molar-refractivity contribution in [3.05, 3.63) is 53.6 Å². The fourth-order valence-electron chi connectivity index (χ4n) is 3.56. The predicted molar refractivity (Wildman–Crippen MR) is 96.2 cm³/mol. The van der Waals surface area contributed by atoms with Gasteiger partial charge >= 0.3 is 0 Å². The van der Waals surface area contributed by atoms with E-state index in [0.717, 1.165) is 43.1 Å². The summed E-state index contributed by atoms with van der Waals surface area (Å²) >= 11 is 0. The molecule has 0 aliphatic carbocycles. The molecule has 1 fully saturated rings. The molecule has 0 bridgehead atoms. The average Bonchev–Trinajstić information content (AvgIpc) is 3.10. The van der Waals surface area contributed by atoms with E-state index >= 15 is 0 Å². The Labute approximate surface area is 147 Å². The topological polar surface area (TPSA) is 53.0 Å². The number of aromatic hydroxyl groups is 1. The van der Waals surface area contributed by atoms with Gasteiger partial charge in [0.2, 0.25) is 5.91 Å². The Morgan fingerprint density at radius 3 is 2.68 bits per heavy atom. The van der Waals surface area contributed by atoms with Gasteiger partial charge < -0.3 is 19.6 Å². The van der Waals surface area contributed by atoms with Crippen molar-refractivity contribution in [2.24, 2.45) is 0 Å². The number of hydrogen-bond acceptors (Lipinski definition) is 4. The van der Waals surface area contributed by atoms with E-state index in [1.165, 1.54) is 5.56 Å². The van der Waals surface area contributed by atoms with Crippen molar-refractivity contribution in [1.82, 2.24) is 4.90 Å². The molecule has 0 unspecified atom stereocenters. The lowest BCUT2D eigenvalue weighted by molar-refractivity contribution is -0.130. The Kier molecular flexibility index (Phi) is 4.22. The normalized spacial score (nSPS) is 16.5. The van der Waals surface area contributed by atoms with Crippen molar-refractivity contribution in [3.63, 3.8) is 0 Å². The van der Waals surface area contributed by atoms with E-state index in [1.54, 1.807) is 6.07 Å². The van der Waals surface area contributed by atoms with E-state index in [-0.39, 0.29) is 5.91 Å². The van der Waals surface area contributed by atoms with E-state index in [0.29, 0.717) is 25.3 Å². The van der Waals surface area contributed by atoms with E-state index in [4.69, 9.17) is 4.74 Å². The second-order valence-electron chi connectivity index (χ2n) is 6.57. The zero-order valence-corrected chi connectivity index (χ0v) is 14.1. The maximum absolute atomic E-state index is 12.6. The van der Waals surface area contributed by atoms with Gasteiger partial charge in [0.05, 0.1) is 18.7 Å². The van der Waals surface area contributed by atoms with E-state index < -0.39 is 0 Å². The van der Waals surface area contributed by atoms with Crippen LogP contribution in [0.1, 0.15) is 11.1 Å². The molecular formula is C20H22N2O3. The number of nitrogens with zero attached hydrogens (tertiary/aromatic N) is 2. The van der Waals surface area contributed by atoms with Gasteiger partial charge in [0.1, 0.15) is 11.5 Å². The van der Waals surface area contributed by atoms with Crippen molar-refractivity contribution in [2.75, 3.05) is 37.7 Å². The minimum atomic E-state index is 0.163. The van der Waals surface area contributed by atoms with E-state index in [2.05, 4.69) is 11.0 Å². The largest absolute Gasteiger partial charge is 0.506 e. The summed E-state index contributed by atoms with van der Waals surface area (Å²) < 4.78 is 5.52. The highest BCUT2D eigenvalue weighted by Crippen LogP contribution is 2.28. The number of fused-ring (bicyclic) bond motifs is 1. The summed E-state index contributed by atoms with van der Waals surface area (Å²) in [6.45, 7) is 3.58. The summed E-state index contributed by atoms with van der Waals surface area (Å²) in [5.74, 6) is 1.41. The molecule has 2 aliphatic rings. The number of para-hydroxylation sites is 2. The zero-order chi connectivity index (χ0) is 17.2. The highest BCUT2D eigenvalue weighted by Gasteiger charge is 2.23. The molecule has 2 aliphatic heterocycles. The van der Waals surface area contributed by atoms with Gasteiger partial charge in [-0.1, -0.05) is 24.3 Å². The number of ether oxygens (including phenoxy) is 1. The van der Waals surface area contributed by atoms with Crippen molar-refractivity contribution in [3.8, 4) is 11.5 Å². The number of phenolic OH excluding ortho intramolecular Hbond substituents is 1. The Morgan fingerprint density at radius 1 is 1.08 bits per heavy atom. The molecule has 0 atom stereocenters. The van der Waals surface area contributed by atoms with Gasteiger partial charge in [-0.15, -0.1) is 0 Å². The summed E-state index contributed by atoms with van der Waals surface area (Å²) in [4.78, 5) is 16.7. The van der Waals surface area contributed by atoms with Crippen molar-refractivity contribution in [1.29, 1.82) is 0 Å². The van der Waals surface area contributed by atoms with Crippen molar-refractivity contribution in [2.45, 2.75) is 12.8 Å². The molecule has 0 aromatic heterocycles. The second kappa shape index (κ2) is 6.67. The van der Waals surface area contributed by atoms with Crippen LogP contribution in [0.2, 0.25) is 0 Å². The number of hydrogen-bond donors (Lipinski definition) is 1. The van der Waals surface area contributed by atoms with Crippen LogP contribution in [0.15, 0.2) is 42.5 Å². The molecule has 1 saturated heterocycles. The second-order valence-corrected chi connectivity index (χ2v) is 6.57. The van der Waals surface area contributed by atoms with Crippen LogP contribution in [0.3, 0.4) is 0 Å². The number of carbonyl (C=O) groups excluding carboxylic acids is 1. The van der Waals surface area contributed by atoms with Crippen LogP contribution in [0.5, 0.6) is 11.5 Å². The Bertz CT molecular complexity index is 782. The highest BCUT2D eigenvalue weighted by molar-refractivity contribution is 5.79. The standard InChI is InChI=1S/C20H22N2O3/c23-18-4-2-1-3-17(18)21-8-10-22(11-9-21)20(24)14-15-5-6-19-16(13-15)7-12-25-19/h1-6,13,23H,7-12,14H2. The van der Waals surface area contributed by atoms with Crippen LogP contribution in [0, 0.1) is 0 Å². The van der Waals surface area contributed by atoms with Gasteiger partial charge in [0.15, 0.2) is 0 Å². The molecule has 130 valence electrons. The number of rotatable bonds is 3. The lowest BCUT2D eigenvalue weighted by atomic mass is 10.1. The lowest BCUT2D eigenvalue weighted by Crippen LogP contribution is -2.49. The fourth-order valence-corrected chi connectivity index (χ4v) is 3.56. The first-order chi connectivity index (χ1) is 12.2. The van der Waals surface area contributed by atoms with Gasteiger partial charge in [-0.3, -0.25) is 4.79 Å². The molecule has 0 radical (unpaired) electrons. The van der Waals surface area contributed by atoms with E-state index in [1.807, 2.05) is 35.2 Å². The molecule has 2 aromatic rings. The van der Waals surface area contributed by atoms with Crippen LogP contribution >= 0.6 is 0 Å². The maximum Gasteiger partial charge on any atom is 0.227 e. The van der Waals surface area contributed by atoms with Crippen molar-refractivity contribution < 1.29 is 14.6 Å². The molecule has 5 heteroatoms. The monoisotopic (exact) mass is 338 g/mol. The minimum absolute atomic E-state index is 0.163. The van der Waals surface area contributed by atoms with Gasteiger partial charge in [-0.2, -0.15) is 0 Å². The third kappa shape index (κ3) is 3.27. The number of benzene rings is 2. The third-order valence-corrected chi connectivity index (χ3v) is 4.96. The summed E-state index contributed by atoms with van der Waals surface area (Å²) in [6, 6.07) is 13.4. The number of phenols is 1. The predicted octanol–water partition coefficient (Wildman–Crippen LogP) is 2.22. The third-order valence-electron chi connectivity index (χ3n) is 4.96. The van der Waals surface area contributed by atoms with Crippen LogP contribution in [0.25, 0.3) is 0 Å². The molecular weight excluding hydrogens is 316 g/mol. The van der Waals surface area contributed by atoms with Gasteiger partial charge in [-0.05, 0) is 29.3 Å². The molecule has 25 heavy (non-hydrogen) atoms.